The van der Waals surface area contributed by atoms with Crippen molar-refractivity contribution in [2.75, 3.05) is 20.8 Å². The highest BCUT2D eigenvalue weighted by atomic mass is 19.4. The van der Waals surface area contributed by atoms with E-state index >= 15 is 0 Å². The molecule has 2 N–H and O–H groups in total. The van der Waals surface area contributed by atoms with Gasteiger partial charge >= 0.3 is 12.7 Å². The Kier molecular flexibility index (Phi) is 15.6. The van der Waals surface area contributed by atoms with Crippen molar-refractivity contribution in [1.29, 1.82) is 0 Å². The topological polar surface area (TPSA) is 139 Å². The molecule has 0 bridgehead atoms. The van der Waals surface area contributed by atoms with Gasteiger partial charge in [0.2, 0.25) is 11.8 Å². The van der Waals surface area contributed by atoms with E-state index in [0.29, 0.717) is 62.4 Å². The van der Waals surface area contributed by atoms with Crippen LogP contribution in [0.4, 0.5) is 26.3 Å². The third-order valence-corrected chi connectivity index (χ3v) is 10.1. The van der Waals surface area contributed by atoms with Crippen LogP contribution in [0.1, 0.15) is 76.8 Å². The van der Waals surface area contributed by atoms with Gasteiger partial charge in [0.15, 0.2) is 0 Å². The number of hydrogen-bond acceptors (Lipinski definition) is 8. The van der Waals surface area contributed by atoms with Gasteiger partial charge in [-0.15, -0.1) is 26.3 Å². The molecule has 6 aromatic rings. The molecule has 0 aliphatic heterocycles. The number of nitrogens with zero attached hydrogens (tertiary/aromatic N) is 2. The first-order valence-electron chi connectivity index (χ1n) is 20.4. The number of fused-ring (bicyclic) bond motifs is 2. The molecule has 0 spiro atoms. The van der Waals surface area contributed by atoms with E-state index in [-0.39, 0.29) is 41.8 Å². The smallest absolute Gasteiger partial charge is 0.497 e. The van der Waals surface area contributed by atoms with E-state index in [1.807, 2.05) is 20.8 Å². The molecule has 0 saturated heterocycles. The highest BCUT2D eigenvalue weighted by Gasteiger charge is 2.32. The first-order valence-corrected chi connectivity index (χ1v) is 20.4. The minimum Gasteiger partial charge on any atom is -0.497 e. The molecule has 65 heavy (non-hydrogen) atoms. The Morgan fingerprint density at radius 1 is 0.600 bits per heavy atom. The number of amides is 2. The van der Waals surface area contributed by atoms with Gasteiger partial charge in [-0.05, 0) is 130 Å². The molecule has 0 unspecified atom stereocenters. The summed E-state index contributed by atoms with van der Waals surface area (Å²) in [5.41, 5.74) is 3.98. The van der Waals surface area contributed by atoms with Gasteiger partial charge < -0.3 is 29.6 Å². The number of halogens is 6. The van der Waals surface area contributed by atoms with E-state index in [0.717, 1.165) is 37.1 Å². The second-order valence-electron chi connectivity index (χ2n) is 15.1. The van der Waals surface area contributed by atoms with Crippen LogP contribution in [0.25, 0.3) is 21.8 Å². The van der Waals surface area contributed by atoms with Gasteiger partial charge in [0.05, 0.1) is 38.1 Å². The first-order chi connectivity index (χ1) is 30.6. The zero-order chi connectivity index (χ0) is 47.8. The third-order valence-electron chi connectivity index (χ3n) is 10.1. The zero-order valence-electron chi connectivity index (χ0n) is 36.6. The average molecular weight is 911 g/mol. The minimum atomic E-state index is -4.82. The second-order valence-corrected chi connectivity index (χ2v) is 15.1. The van der Waals surface area contributed by atoms with Crippen LogP contribution in [-0.4, -0.2) is 72.3 Å². The van der Waals surface area contributed by atoms with E-state index in [1.165, 1.54) is 47.6 Å². The van der Waals surface area contributed by atoms with Gasteiger partial charge in [0.25, 0.3) is 11.8 Å². The van der Waals surface area contributed by atoms with Crippen LogP contribution in [0.2, 0.25) is 0 Å². The molecule has 18 heteroatoms. The van der Waals surface area contributed by atoms with E-state index in [1.54, 1.807) is 50.2 Å². The minimum absolute atomic E-state index is 0.0373. The Hall–Kier alpha value is -6.98. The SMILES string of the molecule is CCCCNC(=O)Cc1c(C)n(C(=O)c2ccc(OC(F)(F)F)cc2)c2ccc(OC)cc12.COc1ccc2c(c1)c(CC(=O)NC(C)C)c(C)n2C(=O)c1ccc(OC(F)(F)F)cc1. The van der Waals surface area contributed by atoms with Crippen LogP contribution in [-0.2, 0) is 22.4 Å². The molecule has 2 amide bonds. The number of aromatic nitrogens is 2. The quantitative estimate of drug-likeness (QED) is 0.0814. The van der Waals surface area contributed by atoms with Crippen molar-refractivity contribution >= 4 is 45.4 Å². The number of unbranched alkanes of at least 4 members (excludes halogenated alkanes) is 1. The predicted molar refractivity (Wildman–Crippen MR) is 231 cm³/mol. The Morgan fingerprint density at radius 2 is 0.985 bits per heavy atom. The van der Waals surface area contributed by atoms with Gasteiger partial charge in [0.1, 0.15) is 23.0 Å². The Morgan fingerprint density at radius 3 is 1.34 bits per heavy atom. The fourth-order valence-electron chi connectivity index (χ4n) is 7.17. The van der Waals surface area contributed by atoms with Crippen LogP contribution in [0.15, 0.2) is 84.9 Å². The number of methoxy groups -OCH3 is 2. The molecule has 0 aliphatic rings. The maximum absolute atomic E-state index is 13.3. The van der Waals surface area contributed by atoms with Crippen molar-refractivity contribution in [2.24, 2.45) is 0 Å². The molecule has 0 atom stereocenters. The van der Waals surface area contributed by atoms with Gasteiger partial charge in [-0.2, -0.15) is 0 Å². The number of alkyl halides is 6. The van der Waals surface area contributed by atoms with E-state index < -0.39 is 36.0 Å². The summed E-state index contributed by atoms with van der Waals surface area (Å²) in [5.74, 6) is -0.901. The van der Waals surface area contributed by atoms with Crippen molar-refractivity contribution in [2.45, 2.75) is 79.1 Å². The van der Waals surface area contributed by atoms with Crippen LogP contribution in [0, 0.1) is 13.8 Å². The first kappa shape index (κ1) is 49.0. The lowest BCUT2D eigenvalue weighted by molar-refractivity contribution is -0.275. The molecular formula is C47H48F6N4O8. The van der Waals surface area contributed by atoms with E-state index in [9.17, 15) is 45.5 Å². The summed E-state index contributed by atoms with van der Waals surface area (Å²) in [6, 6.07) is 19.7. The third kappa shape index (κ3) is 12.4. The van der Waals surface area contributed by atoms with Crippen molar-refractivity contribution in [3.8, 4) is 23.0 Å². The van der Waals surface area contributed by atoms with E-state index in [4.69, 9.17) is 9.47 Å². The summed E-state index contributed by atoms with van der Waals surface area (Å²) < 4.78 is 95.7. The number of rotatable bonds is 14. The summed E-state index contributed by atoms with van der Waals surface area (Å²) in [5, 5.41) is 7.10. The van der Waals surface area contributed by atoms with Crippen molar-refractivity contribution in [3.05, 3.63) is 119 Å². The molecule has 2 aromatic heterocycles. The van der Waals surface area contributed by atoms with E-state index in [2.05, 4.69) is 20.1 Å². The Labute approximate surface area is 370 Å². The standard InChI is InChI=1S/C24H25F3N2O4.C23H23F3N2O4/c1-4-5-12-28-22(30)14-19-15(2)29(21-11-10-18(32-3)13-20(19)21)23(31)16-6-8-17(9-7-16)33-24(25,26)27;1-13(2)27-21(29)12-18-14(3)28(20-10-9-17(31-4)11-19(18)20)22(30)15-5-7-16(8-6-15)32-23(24,25)26/h6-11,13H,4-5,12,14H2,1-3H3,(H,28,30);5-11,13H,12H2,1-4H3,(H,27,29). The van der Waals surface area contributed by atoms with Gasteiger partial charge in [-0.3, -0.25) is 28.3 Å². The number of ether oxygens (including phenoxy) is 4. The van der Waals surface area contributed by atoms with Gasteiger partial charge in [0, 0.05) is 45.9 Å². The summed E-state index contributed by atoms with van der Waals surface area (Å²) in [6.45, 7) is 9.77. The highest BCUT2D eigenvalue weighted by Crippen LogP contribution is 2.33. The lowest BCUT2D eigenvalue weighted by atomic mass is 10.1. The van der Waals surface area contributed by atoms with Crippen molar-refractivity contribution < 1.29 is 64.5 Å². The molecule has 2 heterocycles. The maximum atomic E-state index is 13.3. The summed E-state index contributed by atoms with van der Waals surface area (Å²) in [6.07, 6.45) is -7.66. The molecule has 6 rings (SSSR count). The Balaban J connectivity index is 0.000000244. The van der Waals surface area contributed by atoms with Gasteiger partial charge in [-0.25, -0.2) is 0 Å². The van der Waals surface area contributed by atoms with Crippen LogP contribution in [0.5, 0.6) is 23.0 Å². The summed E-state index contributed by atoms with van der Waals surface area (Å²) in [4.78, 5) is 51.5. The van der Waals surface area contributed by atoms with Crippen LogP contribution < -0.4 is 29.6 Å². The number of carbonyl (C=O) groups is 4. The number of hydrogen-bond donors (Lipinski definition) is 2. The largest absolute Gasteiger partial charge is 0.573 e. The predicted octanol–water partition coefficient (Wildman–Crippen LogP) is 9.62. The number of nitrogens with one attached hydrogen (secondary N) is 2. The summed E-state index contributed by atoms with van der Waals surface area (Å²) in [7, 11) is 3.05. The number of carbonyl (C=O) groups excluding carboxylic acids is 4. The molecule has 12 nitrogen and oxygen atoms in total. The normalized spacial score (nSPS) is 11.5. The summed E-state index contributed by atoms with van der Waals surface area (Å²) >= 11 is 0. The Bertz CT molecular complexity index is 2670. The maximum Gasteiger partial charge on any atom is 0.573 e. The lowest BCUT2D eigenvalue weighted by Crippen LogP contribution is -2.31. The highest BCUT2D eigenvalue weighted by molar-refractivity contribution is 6.06. The average Bonchev–Trinajstić information content (AvgIpc) is 3.66. The fourth-order valence-corrected chi connectivity index (χ4v) is 7.17. The number of benzene rings is 4. The zero-order valence-corrected chi connectivity index (χ0v) is 36.6. The molecule has 0 fully saturated rings. The van der Waals surface area contributed by atoms with Crippen LogP contribution >= 0.6 is 0 Å². The molecular weight excluding hydrogens is 863 g/mol. The van der Waals surface area contributed by atoms with Crippen molar-refractivity contribution in [3.63, 3.8) is 0 Å². The fraction of sp³-hybridized carbons (Fsp3) is 0.319. The van der Waals surface area contributed by atoms with Gasteiger partial charge in [-0.1, -0.05) is 13.3 Å². The molecule has 4 aromatic carbocycles. The molecule has 0 radical (unpaired) electrons. The lowest BCUT2D eigenvalue weighted by Gasteiger charge is -2.11. The van der Waals surface area contributed by atoms with Crippen molar-refractivity contribution in [1.82, 2.24) is 19.8 Å². The second kappa shape index (κ2) is 20.7. The molecule has 346 valence electrons. The monoisotopic (exact) mass is 910 g/mol. The molecule has 0 aliphatic carbocycles. The van der Waals surface area contributed by atoms with Crippen LogP contribution in [0.3, 0.4) is 0 Å². The molecule has 0 saturated carbocycles.